The number of ether oxygens (including phenoxy) is 1. The molecular formula is C20H26N2OS. The number of para-hydroxylation sites is 2. The van der Waals surface area contributed by atoms with E-state index in [1.807, 2.05) is 31.2 Å². The van der Waals surface area contributed by atoms with Crippen LogP contribution in [-0.4, -0.2) is 18.3 Å². The topological polar surface area (TPSA) is 33.3 Å². The highest BCUT2D eigenvalue weighted by molar-refractivity contribution is 7.80. The van der Waals surface area contributed by atoms with Gasteiger partial charge in [-0.3, -0.25) is 0 Å². The standard InChI is InChI=1S/C20H26N2OS/c1-3-16(14-17-10-6-5-7-11-17)15-21-20(24)22-18-12-8-9-13-19(18)23-4-2/h5-13,16H,3-4,14-15H2,1-2H3,(H2,21,22,24)/t16-/m0/s1. The minimum atomic E-state index is 0.550. The third-order valence-corrected chi connectivity index (χ3v) is 4.18. The molecule has 2 aromatic carbocycles. The molecule has 0 heterocycles. The molecule has 0 radical (unpaired) electrons. The van der Waals surface area contributed by atoms with Gasteiger partial charge in [0.05, 0.1) is 12.3 Å². The van der Waals surface area contributed by atoms with Gasteiger partial charge in [-0.15, -0.1) is 0 Å². The van der Waals surface area contributed by atoms with Crippen LogP contribution in [0.4, 0.5) is 5.69 Å². The van der Waals surface area contributed by atoms with E-state index in [0.29, 0.717) is 17.6 Å². The molecule has 0 aliphatic rings. The van der Waals surface area contributed by atoms with Crippen molar-refractivity contribution in [1.29, 1.82) is 0 Å². The highest BCUT2D eigenvalue weighted by Crippen LogP contribution is 2.23. The van der Waals surface area contributed by atoms with E-state index < -0.39 is 0 Å². The van der Waals surface area contributed by atoms with Crippen molar-refractivity contribution in [2.45, 2.75) is 26.7 Å². The van der Waals surface area contributed by atoms with Crippen LogP contribution in [0.3, 0.4) is 0 Å². The molecule has 0 spiro atoms. The summed E-state index contributed by atoms with van der Waals surface area (Å²) < 4.78 is 5.61. The first-order valence-electron chi connectivity index (χ1n) is 8.53. The van der Waals surface area contributed by atoms with E-state index in [9.17, 15) is 0 Å². The molecule has 128 valence electrons. The molecule has 0 aromatic heterocycles. The number of anilines is 1. The van der Waals surface area contributed by atoms with Gasteiger partial charge >= 0.3 is 0 Å². The maximum absolute atomic E-state index is 5.61. The first kappa shape index (κ1) is 18.3. The molecule has 0 saturated carbocycles. The van der Waals surface area contributed by atoms with Gasteiger partial charge < -0.3 is 15.4 Å². The minimum Gasteiger partial charge on any atom is -0.492 e. The highest BCUT2D eigenvalue weighted by atomic mass is 32.1. The first-order valence-corrected chi connectivity index (χ1v) is 8.94. The van der Waals surface area contributed by atoms with Gasteiger partial charge in [0, 0.05) is 6.54 Å². The SMILES string of the molecule is CCOc1ccccc1NC(=S)NC[C@@H](CC)Cc1ccccc1. The lowest BCUT2D eigenvalue weighted by Crippen LogP contribution is -2.33. The molecule has 0 bridgehead atoms. The van der Waals surface area contributed by atoms with Crippen LogP contribution in [0.2, 0.25) is 0 Å². The Bertz CT molecular complexity index is 631. The van der Waals surface area contributed by atoms with Gasteiger partial charge in [0.2, 0.25) is 0 Å². The number of hydrogen-bond donors (Lipinski definition) is 2. The highest BCUT2D eigenvalue weighted by Gasteiger charge is 2.09. The monoisotopic (exact) mass is 342 g/mol. The quantitative estimate of drug-likeness (QED) is 0.685. The maximum atomic E-state index is 5.61. The van der Waals surface area contributed by atoms with Crippen molar-refractivity contribution < 1.29 is 4.74 Å². The van der Waals surface area contributed by atoms with Crippen molar-refractivity contribution in [2.24, 2.45) is 5.92 Å². The second kappa shape index (κ2) is 9.93. The zero-order valence-corrected chi connectivity index (χ0v) is 15.2. The molecular weight excluding hydrogens is 316 g/mol. The average Bonchev–Trinajstić information content (AvgIpc) is 2.61. The van der Waals surface area contributed by atoms with Gasteiger partial charge in [0.25, 0.3) is 0 Å². The average molecular weight is 343 g/mol. The Morgan fingerprint density at radius 1 is 1.04 bits per heavy atom. The lowest BCUT2D eigenvalue weighted by atomic mass is 9.97. The van der Waals surface area contributed by atoms with Crippen LogP contribution in [0.15, 0.2) is 54.6 Å². The van der Waals surface area contributed by atoms with Crippen molar-refractivity contribution in [2.75, 3.05) is 18.5 Å². The van der Waals surface area contributed by atoms with Gasteiger partial charge in [0.1, 0.15) is 5.75 Å². The number of hydrogen-bond acceptors (Lipinski definition) is 2. The molecule has 0 aliphatic heterocycles. The lowest BCUT2D eigenvalue weighted by molar-refractivity contribution is 0.342. The van der Waals surface area contributed by atoms with Crippen LogP contribution in [0.25, 0.3) is 0 Å². The van der Waals surface area contributed by atoms with E-state index >= 15 is 0 Å². The summed E-state index contributed by atoms with van der Waals surface area (Å²) in [4.78, 5) is 0. The van der Waals surface area contributed by atoms with Crippen molar-refractivity contribution in [3.05, 3.63) is 60.2 Å². The maximum Gasteiger partial charge on any atom is 0.170 e. The Labute approximate surface area is 150 Å². The van der Waals surface area contributed by atoms with Crippen molar-refractivity contribution in [3.8, 4) is 5.75 Å². The fraction of sp³-hybridized carbons (Fsp3) is 0.350. The molecule has 4 heteroatoms. The fourth-order valence-corrected chi connectivity index (χ4v) is 2.76. The van der Waals surface area contributed by atoms with Crippen LogP contribution in [0, 0.1) is 5.92 Å². The summed E-state index contributed by atoms with van der Waals surface area (Å²) in [6.07, 6.45) is 2.17. The summed E-state index contributed by atoms with van der Waals surface area (Å²) in [7, 11) is 0. The zero-order valence-electron chi connectivity index (χ0n) is 14.4. The molecule has 2 N–H and O–H groups in total. The number of rotatable bonds is 8. The lowest BCUT2D eigenvalue weighted by Gasteiger charge is -2.18. The number of benzene rings is 2. The van der Waals surface area contributed by atoms with Gasteiger partial charge in [-0.05, 0) is 49.2 Å². The van der Waals surface area contributed by atoms with Gasteiger partial charge in [-0.2, -0.15) is 0 Å². The Morgan fingerprint density at radius 2 is 1.75 bits per heavy atom. The minimum absolute atomic E-state index is 0.550. The molecule has 24 heavy (non-hydrogen) atoms. The second-order valence-corrected chi connectivity index (χ2v) is 6.14. The van der Waals surface area contributed by atoms with E-state index in [1.165, 1.54) is 5.56 Å². The molecule has 2 aromatic rings. The molecule has 0 saturated heterocycles. The zero-order chi connectivity index (χ0) is 17.2. The Hall–Kier alpha value is -2.07. The summed E-state index contributed by atoms with van der Waals surface area (Å²) in [5, 5.41) is 7.20. The van der Waals surface area contributed by atoms with E-state index in [1.54, 1.807) is 0 Å². The molecule has 3 nitrogen and oxygen atoms in total. The number of thiocarbonyl (C=S) groups is 1. The van der Waals surface area contributed by atoms with E-state index in [2.05, 4.69) is 47.9 Å². The summed E-state index contributed by atoms with van der Waals surface area (Å²) in [5.74, 6) is 1.37. The Morgan fingerprint density at radius 3 is 2.46 bits per heavy atom. The van der Waals surface area contributed by atoms with E-state index in [-0.39, 0.29) is 0 Å². The van der Waals surface area contributed by atoms with Crippen LogP contribution >= 0.6 is 12.2 Å². The number of nitrogens with one attached hydrogen (secondary N) is 2. The van der Waals surface area contributed by atoms with Crippen LogP contribution in [-0.2, 0) is 6.42 Å². The predicted octanol–water partition coefficient (Wildman–Crippen LogP) is 4.64. The Kier molecular flexibility index (Phi) is 7.56. The third-order valence-electron chi connectivity index (χ3n) is 3.93. The smallest absolute Gasteiger partial charge is 0.170 e. The predicted molar refractivity (Wildman–Crippen MR) is 106 cm³/mol. The van der Waals surface area contributed by atoms with Gasteiger partial charge in [0.15, 0.2) is 5.11 Å². The third kappa shape index (κ3) is 5.85. The molecule has 0 amide bonds. The fourth-order valence-electron chi connectivity index (χ4n) is 2.56. The molecule has 0 aliphatic carbocycles. The molecule has 2 rings (SSSR count). The summed E-state index contributed by atoms with van der Waals surface area (Å²) in [6.45, 7) is 5.68. The summed E-state index contributed by atoms with van der Waals surface area (Å²) in [5.41, 5.74) is 2.26. The molecule has 1 atom stereocenters. The molecule has 0 fully saturated rings. The molecule has 0 unspecified atom stereocenters. The summed E-state index contributed by atoms with van der Waals surface area (Å²) >= 11 is 5.43. The van der Waals surface area contributed by atoms with Gasteiger partial charge in [-0.25, -0.2) is 0 Å². The second-order valence-electron chi connectivity index (χ2n) is 5.73. The normalized spacial score (nSPS) is 11.6. The van der Waals surface area contributed by atoms with Crippen molar-refractivity contribution in [1.82, 2.24) is 5.32 Å². The summed E-state index contributed by atoms with van der Waals surface area (Å²) in [6, 6.07) is 18.4. The van der Waals surface area contributed by atoms with Crippen molar-refractivity contribution >= 4 is 23.0 Å². The van der Waals surface area contributed by atoms with E-state index in [0.717, 1.165) is 30.8 Å². The largest absolute Gasteiger partial charge is 0.492 e. The van der Waals surface area contributed by atoms with Crippen LogP contribution in [0.5, 0.6) is 5.75 Å². The van der Waals surface area contributed by atoms with Crippen molar-refractivity contribution in [3.63, 3.8) is 0 Å². The van der Waals surface area contributed by atoms with Crippen LogP contribution < -0.4 is 15.4 Å². The first-order chi connectivity index (χ1) is 11.7. The van der Waals surface area contributed by atoms with E-state index in [4.69, 9.17) is 17.0 Å². The van der Waals surface area contributed by atoms with Gasteiger partial charge in [-0.1, -0.05) is 55.8 Å². The Balaban J connectivity index is 1.85. The van der Waals surface area contributed by atoms with Crippen LogP contribution in [0.1, 0.15) is 25.8 Å².